The summed E-state index contributed by atoms with van der Waals surface area (Å²) in [6, 6.07) is 8.95. The van der Waals surface area contributed by atoms with E-state index < -0.39 is 0 Å². The lowest BCUT2D eigenvalue weighted by molar-refractivity contribution is 0.690. The lowest BCUT2D eigenvalue weighted by Crippen LogP contribution is -2.32. The van der Waals surface area contributed by atoms with Gasteiger partial charge in [-0.1, -0.05) is 12.1 Å². The van der Waals surface area contributed by atoms with Crippen LogP contribution in [0.5, 0.6) is 0 Å². The van der Waals surface area contributed by atoms with E-state index in [2.05, 4.69) is 51.6 Å². The van der Waals surface area contributed by atoms with Crippen molar-refractivity contribution in [2.75, 3.05) is 29.5 Å². The number of H-pyrrole nitrogens is 1. The van der Waals surface area contributed by atoms with Gasteiger partial charge in [0.1, 0.15) is 0 Å². The molecule has 2 N–H and O–H groups in total. The maximum Gasteiger partial charge on any atom is 0.0535 e. The van der Waals surface area contributed by atoms with E-state index in [0.717, 1.165) is 18.8 Å². The quantitative estimate of drug-likeness (QED) is 0.879. The topological polar surface area (TPSA) is 44.0 Å². The van der Waals surface area contributed by atoms with Gasteiger partial charge in [0.25, 0.3) is 0 Å². The molecule has 1 aromatic carbocycles. The molecule has 0 atom stereocenters. The van der Waals surface area contributed by atoms with E-state index in [0.29, 0.717) is 0 Å². The van der Waals surface area contributed by atoms with Crippen LogP contribution in [-0.2, 0) is 13.1 Å². The first kappa shape index (κ1) is 17.2. The smallest absolute Gasteiger partial charge is 0.0535 e. The van der Waals surface area contributed by atoms with Crippen LogP contribution in [0, 0.1) is 6.92 Å². The van der Waals surface area contributed by atoms with Crippen LogP contribution >= 0.6 is 24.2 Å². The minimum Gasteiger partial charge on any atom is -0.370 e. The summed E-state index contributed by atoms with van der Waals surface area (Å²) >= 11 is 2.05. The first-order valence-electron chi connectivity index (χ1n) is 7.44. The fourth-order valence-electron chi connectivity index (χ4n) is 2.54. The van der Waals surface area contributed by atoms with Gasteiger partial charge in [0.2, 0.25) is 0 Å². The van der Waals surface area contributed by atoms with Gasteiger partial charge in [0.15, 0.2) is 0 Å². The predicted octanol–water partition coefficient (Wildman–Crippen LogP) is 2.98. The van der Waals surface area contributed by atoms with Crippen LogP contribution in [0.2, 0.25) is 0 Å². The summed E-state index contributed by atoms with van der Waals surface area (Å²) in [6.07, 6.45) is 1.89. The molecule has 1 saturated heterocycles. The Morgan fingerprint density at radius 2 is 1.91 bits per heavy atom. The second-order valence-corrected chi connectivity index (χ2v) is 6.61. The van der Waals surface area contributed by atoms with E-state index in [1.165, 1.54) is 41.4 Å². The highest BCUT2D eigenvalue weighted by molar-refractivity contribution is 7.99. The van der Waals surface area contributed by atoms with Gasteiger partial charge in [-0.15, -0.1) is 12.4 Å². The van der Waals surface area contributed by atoms with Crippen LogP contribution in [0.3, 0.4) is 0 Å². The molecule has 1 aromatic heterocycles. The van der Waals surface area contributed by atoms with Crippen LogP contribution in [0.25, 0.3) is 0 Å². The number of aromatic nitrogens is 2. The monoisotopic (exact) mass is 338 g/mol. The lowest BCUT2D eigenvalue weighted by Gasteiger charge is -2.28. The van der Waals surface area contributed by atoms with Crippen molar-refractivity contribution in [2.45, 2.75) is 20.0 Å². The highest BCUT2D eigenvalue weighted by Crippen LogP contribution is 2.19. The molecule has 2 heterocycles. The molecule has 1 aliphatic rings. The summed E-state index contributed by atoms with van der Waals surface area (Å²) in [4.78, 5) is 2.47. The second-order valence-electron chi connectivity index (χ2n) is 5.39. The first-order chi connectivity index (χ1) is 10.3. The van der Waals surface area contributed by atoms with Crippen LogP contribution in [-0.4, -0.2) is 34.8 Å². The highest BCUT2D eigenvalue weighted by atomic mass is 35.5. The van der Waals surface area contributed by atoms with Gasteiger partial charge in [-0.2, -0.15) is 16.9 Å². The van der Waals surface area contributed by atoms with Gasteiger partial charge in [-0.05, 0) is 24.6 Å². The average Bonchev–Trinajstić information content (AvgIpc) is 2.94. The normalized spacial score (nSPS) is 14.7. The van der Waals surface area contributed by atoms with Gasteiger partial charge >= 0.3 is 0 Å². The van der Waals surface area contributed by atoms with E-state index in [9.17, 15) is 0 Å². The van der Waals surface area contributed by atoms with E-state index >= 15 is 0 Å². The Bertz CT molecular complexity index is 564. The zero-order valence-corrected chi connectivity index (χ0v) is 14.5. The minimum atomic E-state index is 0. The highest BCUT2D eigenvalue weighted by Gasteiger charge is 2.10. The summed E-state index contributed by atoms with van der Waals surface area (Å²) in [5.74, 6) is 2.49. The summed E-state index contributed by atoms with van der Waals surface area (Å²) in [7, 11) is 0. The number of hydrogen-bond donors (Lipinski definition) is 2. The molecule has 22 heavy (non-hydrogen) atoms. The minimum absolute atomic E-state index is 0. The Kier molecular flexibility index (Phi) is 6.61. The third-order valence-corrected chi connectivity index (χ3v) is 4.83. The molecular formula is C16H23ClN4S. The molecule has 0 spiro atoms. The van der Waals surface area contributed by atoms with Crippen molar-refractivity contribution in [2.24, 2.45) is 0 Å². The number of halogens is 1. The first-order valence-corrected chi connectivity index (χ1v) is 8.59. The summed E-state index contributed by atoms with van der Waals surface area (Å²) in [5, 5.41) is 10.5. The number of rotatable bonds is 5. The summed E-state index contributed by atoms with van der Waals surface area (Å²) < 4.78 is 0. The molecule has 6 heteroatoms. The van der Waals surface area contributed by atoms with Gasteiger partial charge in [0, 0.05) is 54.6 Å². The Morgan fingerprint density at radius 1 is 1.18 bits per heavy atom. The van der Waals surface area contributed by atoms with Crippen molar-refractivity contribution in [1.82, 2.24) is 15.5 Å². The number of hydrogen-bond acceptors (Lipinski definition) is 4. The standard InChI is InChI=1S/C16H22N4S.ClH/c1-13-15(12-18-19-13)11-17-10-14-2-4-16(5-3-14)20-6-8-21-9-7-20;/h2-5,12,17H,6-11H2,1H3,(H,18,19);1H. The van der Waals surface area contributed by atoms with Gasteiger partial charge in [-0.3, -0.25) is 5.10 Å². The number of anilines is 1. The third kappa shape index (κ3) is 4.41. The van der Waals surface area contributed by atoms with Crippen LogP contribution in [0.4, 0.5) is 5.69 Å². The molecule has 0 saturated carbocycles. The number of nitrogens with one attached hydrogen (secondary N) is 2. The molecule has 4 nitrogen and oxygen atoms in total. The molecule has 3 rings (SSSR count). The fraction of sp³-hybridized carbons (Fsp3) is 0.438. The van der Waals surface area contributed by atoms with Gasteiger partial charge < -0.3 is 10.2 Å². The predicted molar refractivity (Wildman–Crippen MR) is 97.1 cm³/mol. The van der Waals surface area contributed by atoms with Gasteiger partial charge in [0.05, 0.1) is 6.20 Å². The van der Waals surface area contributed by atoms with Crippen molar-refractivity contribution in [3.63, 3.8) is 0 Å². The van der Waals surface area contributed by atoms with Crippen molar-refractivity contribution in [3.05, 3.63) is 47.3 Å². The zero-order chi connectivity index (χ0) is 14.5. The molecule has 0 bridgehead atoms. The average molecular weight is 339 g/mol. The molecule has 0 unspecified atom stereocenters. The number of thioether (sulfide) groups is 1. The molecule has 0 radical (unpaired) electrons. The van der Waals surface area contributed by atoms with Crippen LogP contribution in [0.15, 0.2) is 30.5 Å². The lowest BCUT2D eigenvalue weighted by atomic mass is 10.2. The van der Waals surface area contributed by atoms with E-state index in [1.54, 1.807) is 0 Å². The molecule has 120 valence electrons. The SMILES string of the molecule is Cc1[nH]ncc1CNCc1ccc(N2CCSCC2)cc1.Cl. The summed E-state index contributed by atoms with van der Waals surface area (Å²) in [5.41, 5.74) is 5.05. The molecule has 1 fully saturated rings. The fourth-order valence-corrected chi connectivity index (χ4v) is 3.44. The number of nitrogens with zero attached hydrogens (tertiary/aromatic N) is 2. The largest absolute Gasteiger partial charge is 0.370 e. The molecule has 1 aliphatic heterocycles. The zero-order valence-electron chi connectivity index (χ0n) is 12.8. The van der Waals surface area contributed by atoms with Crippen molar-refractivity contribution in [3.8, 4) is 0 Å². The molecule has 0 aliphatic carbocycles. The van der Waals surface area contributed by atoms with Crippen LogP contribution < -0.4 is 10.2 Å². The maximum absolute atomic E-state index is 4.04. The summed E-state index contributed by atoms with van der Waals surface area (Å²) in [6.45, 7) is 6.13. The van der Waals surface area contributed by atoms with Crippen molar-refractivity contribution >= 4 is 29.9 Å². The van der Waals surface area contributed by atoms with Crippen molar-refractivity contribution < 1.29 is 0 Å². The van der Waals surface area contributed by atoms with E-state index in [-0.39, 0.29) is 12.4 Å². The second kappa shape index (κ2) is 8.46. The third-order valence-electron chi connectivity index (χ3n) is 3.89. The number of aryl methyl sites for hydroxylation is 1. The Balaban J connectivity index is 0.00000176. The molecule has 0 amide bonds. The Hall–Kier alpha value is -1.17. The molecule has 2 aromatic rings. The Labute approximate surface area is 142 Å². The van der Waals surface area contributed by atoms with E-state index in [4.69, 9.17) is 0 Å². The van der Waals surface area contributed by atoms with Gasteiger partial charge in [-0.25, -0.2) is 0 Å². The Morgan fingerprint density at radius 3 is 2.55 bits per heavy atom. The molecular weight excluding hydrogens is 316 g/mol. The maximum atomic E-state index is 4.04. The van der Waals surface area contributed by atoms with Crippen molar-refractivity contribution in [1.29, 1.82) is 0 Å². The van der Waals surface area contributed by atoms with Crippen LogP contribution in [0.1, 0.15) is 16.8 Å². The number of benzene rings is 1. The number of aromatic amines is 1. The van der Waals surface area contributed by atoms with E-state index in [1.807, 2.05) is 18.0 Å².